The fourth-order valence-electron chi connectivity index (χ4n) is 2.28. The average Bonchev–Trinajstić information content (AvgIpc) is 3.17. The Kier molecular flexibility index (Phi) is 4.46. The molecule has 2 rings (SSSR count). The van der Waals surface area contributed by atoms with Gasteiger partial charge in [-0.15, -0.1) is 0 Å². The van der Waals surface area contributed by atoms with Crippen LogP contribution in [0.4, 0.5) is 0 Å². The molecule has 21 heavy (non-hydrogen) atoms. The third kappa shape index (κ3) is 3.46. The van der Waals surface area contributed by atoms with E-state index in [2.05, 4.69) is 34.5 Å². The van der Waals surface area contributed by atoms with Crippen LogP contribution < -0.4 is 4.72 Å². The maximum Gasteiger partial charge on any atom is 0.336 e. The molecule has 1 fully saturated rings. The van der Waals surface area contributed by atoms with Crippen LogP contribution in [0.5, 0.6) is 0 Å². The summed E-state index contributed by atoms with van der Waals surface area (Å²) in [6.45, 7) is 4.57. The summed E-state index contributed by atoms with van der Waals surface area (Å²) < 4.78 is 27.6. The number of nitrogens with one attached hydrogen (secondary N) is 1. The molecule has 7 heteroatoms. The number of hydrogen-bond acceptors (Lipinski definition) is 3. The number of carbonyl (C=O) groups is 1. The van der Waals surface area contributed by atoms with E-state index in [-0.39, 0.29) is 15.9 Å². The summed E-state index contributed by atoms with van der Waals surface area (Å²) in [4.78, 5) is 11.0. The molecule has 0 amide bonds. The number of halogens is 1. The molecule has 5 nitrogen and oxygen atoms in total. The lowest BCUT2D eigenvalue weighted by Crippen LogP contribution is -2.32. The zero-order chi connectivity index (χ0) is 15.8. The molecule has 0 heterocycles. The van der Waals surface area contributed by atoms with Gasteiger partial charge in [0.25, 0.3) is 0 Å². The quantitative estimate of drug-likeness (QED) is 0.800. The van der Waals surface area contributed by atoms with Gasteiger partial charge in [0.2, 0.25) is 10.0 Å². The predicted molar refractivity (Wildman–Crippen MR) is 82.8 cm³/mol. The lowest BCUT2D eigenvalue weighted by atomic mass is 9.93. The van der Waals surface area contributed by atoms with Crippen molar-refractivity contribution in [1.29, 1.82) is 0 Å². The minimum absolute atomic E-state index is 0.0253. The van der Waals surface area contributed by atoms with Crippen LogP contribution in [0.15, 0.2) is 27.6 Å². The predicted octanol–water partition coefficient (Wildman–Crippen LogP) is 2.86. The molecule has 2 N–H and O–H groups in total. The summed E-state index contributed by atoms with van der Waals surface area (Å²) in [6.07, 6.45) is 2.04. The van der Waals surface area contributed by atoms with Crippen molar-refractivity contribution in [3.05, 3.63) is 28.2 Å². The van der Waals surface area contributed by atoms with Gasteiger partial charge < -0.3 is 5.11 Å². The molecule has 1 aliphatic carbocycles. The van der Waals surface area contributed by atoms with Gasteiger partial charge in [-0.05, 0) is 58.3 Å². The van der Waals surface area contributed by atoms with Crippen LogP contribution in [0.3, 0.4) is 0 Å². The van der Waals surface area contributed by atoms with Crippen LogP contribution in [0, 0.1) is 11.3 Å². The third-order valence-corrected chi connectivity index (χ3v) is 6.30. The van der Waals surface area contributed by atoms with Crippen LogP contribution in [-0.2, 0) is 10.0 Å². The Labute approximate surface area is 132 Å². The molecule has 0 radical (unpaired) electrons. The second-order valence-electron chi connectivity index (χ2n) is 5.79. The highest BCUT2D eigenvalue weighted by Gasteiger charge is 2.45. The van der Waals surface area contributed by atoms with E-state index in [1.54, 1.807) is 0 Å². The average molecular weight is 376 g/mol. The minimum Gasteiger partial charge on any atom is -0.478 e. The molecule has 1 aromatic rings. The van der Waals surface area contributed by atoms with Gasteiger partial charge in [0.05, 0.1) is 10.5 Å². The highest BCUT2D eigenvalue weighted by Crippen LogP contribution is 2.51. The molecular weight excluding hydrogens is 358 g/mol. The maximum absolute atomic E-state index is 12.3. The molecule has 1 aliphatic rings. The van der Waals surface area contributed by atoms with E-state index in [0.29, 0.717) is 16.9 Å². The topological polar surface area (TPSA) is 83.5 Å². The van der Waals surface area contributed by atoms with E-state index in [1.165, 1.54) is 18.2 Å². The Morgan fingerprint density at radius 2 is 2.05 bits per heavy atom. The summed E-state index contributed by atoms with van der Waals surface area (Å²) in [5.74, 6) is -0.750. The van der Waals surface area contributed by atoms with Crippen molar-refractivity contribution < 1.29 is 18.3 Å². The summed E-state index contributed by atoms with van der Waals surface area (Å²) in [5.41, 5.74) is -0.0132. The van der Waals surface area contributed by atoms with Gasteiger partial charge in [-0.25, -0.2) is 17.9 Å². The van der Waals surface area contributed by atoms with E-state index < -0.39 is 16.0 Å². The van der Waals surface area contributed by atoms with Gasteiger partial charge in [-0.3, -0.25) is 0 Å². The molecule has 1 saturated carbocycles. The number of carboxylic acids is 1. The number of aromatic carboxylic acids is 1. The minimum atomic E-state index is -3.69. The third-order valence-electron chi connectivity index (χ3n) is 4.21. The first-order chi connectivity index (χ1) is 9.68. The monoisotopic (exact) mass is 375 g/mol. The van der Waals surface area contributed by atoms with E-state index in [0.717, 1.165) is 12.8 Å². The maximum atomic E-state index is 12.3. The van der Waals surface area contributed by atoms with Crippen LogP contribution in [0.2, 0.25) is 0 Å². The molecule has 1 aromatic carbocycles. The number of rotatable bonds is 6. The number of benzene rings is 1. The smallest absolute Gasteiger partial charge is 0.336 e. The Hall–Kier alpha value is -0.920. The van der Waals surface area contributed by atoms with Crippen molar-refractivity contribution in [2.75, 3.05) is 6.54 Å². The first kappa shape index (κ1) is 16.5. The number of sulfonamides is 1. The Bertz CT molecular complexity index is 666. The zero-order valence-corrected chi connectivity index (χ0v) is 14.3. The summed E-state index contributed by atoms with van der Waals surface area (Å²) in [6, 6.07) is 4.00. The number of carboxylic acid groups (broad SMARTS) is 1. The van der Waals surface area contributed by atoms with E-state index in [9.17, 15) is 13.2 Å². The van der Waals surface area contributed by atoms with Gasteiger partial charge in [-0.2, -0.15) is 0 Å². The van der Waals surface area contributed by atoms with Crippen LogP contribution in [-0.4, -0.2) is 26.0 Å². The molecule has 0 aliphatic heterocycles. The van der Waals surface area contributed by atoms with Crippen molar-refractivity contribution in [3.63, 3.8) is 0 Å². The summed E-state index contributed by atoms with van der Waals surface area (Å²) >= 11 is 3.10. The molecule has 0 spiro atoms. The molecule has 0 saturated heterocycles. The summed E-state index contributed by atoms with van der Waals surface area (Å²) in [7, 11) is -3.69. The lowest BCUT2D eigenvalue weighted by molar-refractivity contribution is 0.0695. The van der Waals surface area contributed by atoms with Crippen molar-refractivity contribution in [3.8, 4) is 0 Å². The molecule has 0 aromatic heterocycles. The molecule has 0 bridgehead atoms. The van der Waals surface area contributed by atoms with Crippen LogP contribution in [0.1, 0.15) is 37.0 Å². The Balaban J connectivity index is 2.20. The van der Waals surface area contributed by atoms with Gasteiger partial charge in [0, 0.05) is 11.0 Å². The highest BCUT2D eigenvalue weighted by molar-refractivity contribution is 9.10. The van der Waals surface area contributed by atoms with Crippen molar-refractivity contribution >= 4 is 31.9 Å². The van der Waals surface area contributed by atoms with Crippen LogP contribution >= 0.6 is 15.9 Å². The zero-order valence-electron chi connectivity index (χ0n) is 11.9. The SMILES string of the molecule is CC(C)C1(CNS(=O)(=O)c2ccc(Br)c(C(=O)O)c2)CC1. The highest BCUT2D eigenvalue weighted by atomic mass is 79.9. The summed E-state index contributed by atoms with van der Waals surface area (Å²) in [5, 5.41) is 9.05. The lowest BCUT2D eigenvalue weighted by Gasteiger charge is -2.20. The fraction of sp³-hybridized carbons (Fsp3) is 0.500. The second kappa shape index (κ2) is 5.70. The first-order valence-electron chi connectivity index (χ1n) is 6.70. The largest absolute Gasteiger partial charge is 0.478 e. The van der Waals surface area contributed by atoms with Gasteiger partial charge >= 0.3 is 5.97 Å². The first-order valence-corrected chi connectivity index (χ1v) is 8.98. The molecule has 116 valence electrons. The molecule has 0 unspecified atom stereocenters. The second-order valence-corrected chi connectivity index (χ2v) is 8.41. The Morgan fingerprint density at radius 1 is 1.43 bits per heavy atom. The van der Waals surface area contributed by atoms with Crippen molar-refractivity contribution in [2.45, 2.75) is 31.6 Å². The normalized spacial score (nSPS) is 17.0. The van der Waals surface area contributed by atoms with Gasteiger partial charge in [0.1, 0.15) is 0 Å². The van der Waals surface area contributed by atoms with Gasteiger partial charge in [0.15, 0.2) is 0 Å². The van der Waals surface area contributed by atoms with E-state index >= 15 is 0 Å². The Morgan fingerprint density at radius 3 is 2.52 bits per heavy atom. The van der Waals surface area contributed by atoms with Crippen LogP contribution in [0.25, 0.3) is 0 Å². The van der Waals surface area contributed by atoms with Gasteiger partial charge in [-0.1, -0.05) is 13.8 Å². The standard InChI is InChI=1S/C14H18BrNO4S/c1-9(2)14(5-6-14)8-16-21(19,20)10-3-4-12(15)11(7-10)13(17)18/h3-4,7,9,16H,5-6,8H2,1-2H3,(H,17,18). The van der Waals surface area contributed by atoms with Crippen molar-refractivity contribution in [1.82, 2.24) is 4.72 Å². The molecular formula is C14H18BrNO4S. The van der Waals surface area contributed by atoms with E-state index in [1.807, 2.05) is 0 Å². The van der Waals surface area contributed by atoms with E-state index in [4.69, 9.17) is 5.11 Å². The van der Waals surface area contributed by atoms with Crippen molar-refractivity contribution in [2.24, 2.45) is 11.3 Å². The fourth-order valence-corrected chi connectivity index (χ4v) is 3.86. The number of hydrogen-bond donors (Lipinski definition) is 2. The molecule has 0 atom stereocenters.